The molecule has 3 rings (SSSR count). The molecule has 6 heteroatoms. The van der Waals surface area contributed by atoms with Crippen LogP contribution in [0.15, 0.2) is 30.7 Å². The number of carbonyl (C=O) groups is 1. The first-order valence-corrected chi connectivity index (χ1v) is 6.47. The minimum Gasteiger partial charge on any atom is -0.333 e. The number of hydrogen-bond donors (Lipinski definition) is 1. The Bertz CT molecular complexity index is 661. The van der Waals surface area contributed by atoms with Gasteiger partial charge in [-0.05, 0) is 19.1 Å². The van der Waals surface area contributed by atoms with E-state index in [9.17, 15) is 4.79 Å². The lowest BCUT2D eigenvalue weighted by Gasteiger charge is -2.25. The molecule has 20 heavy (non-hydrogen) atoms. The van der Waals surface area contributed by atoms with Crippen molar-refractivity contribution in [2.24, 2.45) is 0 Å². The van der Waals surface area contributed by atoms with Gasteiger partial charge in [0.05, 0.1) is 29.7 Å². The first kappa shape index (κ1) is 12.5. The van der Waals surface area contributed by atoms with Crippen LogP contribution in [0.3, 0.4) is 0 Å². The molecule has 1 aliphatic rings. The number of carbonyl (C=O) groups excluding carboxylic acids is 1. The van der Waals surface area contributed by atoms with Crippen molar-refractivity contribution in [2.75, 3.05) is 13.1 Å². The van der Waals surface area contributed by atoms with E-state index in [0.717, 1.165) is 17.8 Å². The summed E-state index contributed by atoms with van der Waals surface area (Å²) in [5, 5.41) is 12.0. The Morgan fingerprint density at radius 2 is 2.35 bits per heavy atom. The smallest absolute Gasteiger partial charge is 0.257 e. The zero-order chi connectivity index (χ0) is 14.1. The number of amides is 1. The topological polar surface area (TPSA) is 74.9 Å². The molecule has 3 heterocycles. The van der Waals surface area contributed by atoms with Crippen molar-refractivity contribution in [3.63, 3.8) is 0 Å². The van der Waals surface area contributed by atoms with Gasteiger partial charge < -0.3 is 10.3 Å². The number of nitrogens with one attached hydrogen (secondary N) is 1. The molecule has 102 valence electrons. The summed E-state index contributed by atoms with van der Waals surface area (Å²) in [6, 6.07) is 3.73. The van der Waals surface area contributed by atoms with Crippen LogP contribution in [0.2, 0.25) is 0 Å². The summed E-state index contributed by atoms with van der Waals surface area (Å²) in [5.74, 6) is -0.0482. The van der Waals surface area contributed by atoms with E-state index in [2.05, 4.69) is 10.1 Å². The second-order valence-corrected chi connectivity index (χ2v) is 4.90. The van der Waals surface area contributed by atoms with Crippen LogP contribution in [-0.2, 0) is 6.42 Å². The Morgan fingerprint density at radius 1 is 1.50 bits per heavy atom. The maximum atomic E-state index is 12.4. The fraction of sp³-hybridized carbons (Fsp3) is 0.286. The normalized spacial score (nSPS) is 14.2. The maximum absolute atomic E-state index is 12.4. The van der Waals surface area contributed by atoms with E-state index in [0.29, 0.717) is 24.4 Å². The van der Waals surface area contributed by atoms with E-state index in [4.69, 9.17) is 5.41 Å². The van der Waals surface area contributed by atoms with Gasteiger partial charge in [0, 0.05) is 31.1 Å². The van der Waals surface area contributed by atoms with Crippen LogP contribution in [0.1, 0.15) is 23.0 Å². The zero-order valence-electron chi connectivity index (χ0n) is 11.2. The van der Waals surface area contributed by atoms with E-state index in [1.165, 1.54) is 0 Å². The Labute approximate surface area is 116 Å². The third-order valence-corrected chi connectivity index (χ3v) is 3.27. The molecule has 2 aromatic heterocycles. The predicted molar refractivity (Wildman–Crippen MR) is 74.4 cm³/mol. The second kappa shape index (κ2) is 4.88. The molecular formula is C14H15N5O. The molecular weight excluding hydrogens is 254 g/mol. The van der Waals surface area contributed by atoms with Crippen LogP contribution >= 0.6 is 0 Å². The highest BCUT2D eigenvalue weighted by Crippen LogP contribution is 2.19. The lowest BCUT2D eigenvalue weighted by molar-refractivity contribution is 0.0764. The number of nitrogens with zero attached hydrogens (tertiary/aromatic N) is 4. The van der Waals surface area contributed by atoms with Gasteiger partial charge in [0.15, 0.2) is 0 Å². The minimum absolute atomic E-state index is 0.0482. The lowest BCUT2D eigenvalue weighted by Crippen LogP contribution is -2.39. The Morgan fingerprint density at radius 3 is 3.05 bits per heavy atom. The standard InChI is InChI=1S/C14H15N5O/c1-10(15)8-18-6-4-13-12(14(18)20)9-19(17-13)11-3-2-5-16-7-11/h2-3,5,7,9,15H,4,6,8H2,1H3. The fourth-order valence-corrected chi connectivity index (χ4v) is 2.34. The average Bonchev–Trinajstić information content (AvgIpc) is 2.87. The molecule has 1 amide bonds. The summed E-state index contributed by atoms with van der Waals surface area (Å²) in [7, 11) is 0. The summed E-state index contributed by atoms with van der Waals surface area (Å²) < 4.78 is 1.69. The molecule has 0 aromatic carbocycles. The highest BCUT2D eigenvalue weighted by molar-refractivity contribution is 5.98. The molecule has 0 bridgehead atoms. The van der Waals surface area contributed by atoms with Crippen molar-refractivity contribution in [3.8, 4) is 5.69 Å². The predicted octanol–water partition coefficient (Wildman–Crippen LogP) is 1.31. The molecule has 0 atom stereocenters. The summed E-state index contributed by atoms with van der Waals surface area (Å²) in [5.41, 5.74) is 2.77. The molecule has 0 aliphatic carbocycles. The van der Waals surface area contributed by atoms with Crippen molar-refractivity contribution in [3.05, 3.63) is 42.0 Å². The van der Waals surface area contributed by atoms with Crippen LogP contribution < -0.4 is 0 Å². The highest BCUT2D eigenvalue weighted by atomic mass is 16.2. The van der Waals surface area contributed by atoms with Crippen LogP contribution in [-0.4, -0.2) is 44.4 Å². The Kier molecular flexibility index (Phi) is 3.06. The lowest BCUT2D eigenvalue weighted by atomic mass is 10.1. The van der Waals surface area contributed by atoms with Crippen LogP contribution in [0.4, 0.5) is 0 Å². The van der Waals surface area contributed by atoms with Gasteiger partial charge in [-0.2, -0.15) is 5.10 Å². The number of aromatic nitrogens is 3. The SMILES string of the molecule is CC(=N)CN1CCc2nn(-c3cccnc3)cc2C1=O. The van der Waals surface area contributed by atoms with Gasteiger partial charge >= 0.3 is 0 Å². The number of hydrogen-bond acceptors (Lipinski definition) is 4. The highest BCUT2D eigenvalue weighted by Gasteiger charge is 2.27. The number of rotatable bonds is 3. The molecule has 0 fully saturated rings. The quantitative estimate of drug-likeness (QED) is 0.853. The van der Waals surface area contributed by atoms with Crippen molar-refractivity contribution in [1.29, 1.82) is 5.41 Å². The zero-order valence-corrected chi connectivity index (χ0v) is 11.2. The average molecular weight is 269 g/mol. The molecule has 0 saturated heterocycles. The summed E-state index contributed by atoms with van der Waals surface area (Å²) in [4.78, 5) is 18.1. The van der Waals surface area contributed by atoms with Gasteiger partial charge in [0.1, 0.15) is 0 Å². The Balaban J connectivity index is 1.92. The molecule has 1 aliphatic heterocycles. The van der Waals surface area contributed by atoms with Crippen molar-refractivity contribution in [1.82, 2.24) is 19.7 Å². The largest absolute Gasteiger partial charge is 0.333 e. The minimum atomic E-state index is -0.0482. The van der Waals surface area contributed by atoms with Crippen molar-refractivity contribution < 1.29 is 4.79 Å². The summed E-state index contributed by atoms with van der Waals surface area (Å²) >= 11 is 0. The van der Waals surface area contributed by atoms with Gasteiger partial charge in [0.2, 0.25) is 0 Å². The van der Waals surface area contributed by atoms with Gasteiger partial charge in [-0.25, -0.2) is 4.68 Å². The third-order valence-electron chi connectivity index (χ3n) is 3.27. The van der Waals surface area contributed by atoms with Gasteiger partial charge in [-0.15, -0.1) is 0 Å². The summed E-state index contributed by atoms with van der Waals surface area (Å²) in [6.45, 7) is 2.71. The van der Waals surface area contributed by atoms with Crippen LogP contribution in [0.25, 0.3) is 5.69 Å². The fourth-order valence-electron chi connectivity index (χ4n) is 2.34. The second-order valence-electron chi connectivity index (χ2n) is 4.90. The molecule has 0 saturated carbocycles. The van der Waals surface area contributed by atoms with E-state index < -0.39 is 0 Å². The van der Waals surface area contributed by atoms with E-state index >= 15 is 0 Å². The maximum Gasteiger partial charge on any atom is 0.257 e. The molecule has 0 unspecified atom stereocenters. The molecule has 2 aromatic rings. The van der Waals surface area contributed by atoms with Gasteiger partial charge in [0.25, 0.3) is 5.91 Å². The van der Waals surface area contributed by atoms with E-state index in [1.54, 1.807) is 35.1 Å². The molecule has 1 N–H and O–H groups in total. The van der Waals surface area contributed by atoms with Gasteiger partial charge in [-0.1, -0.05) is 0 Å². The number of fused-ring (bicyclic) bond motifs is 1. The number of pyridine rings is 1. The van der Waals surface area contributed by atoms with Crippen LogP contribution in [0, 0.1) is 5.41 Å². The summed E-state index contributed by atoms with van der Waals surface area (Å²) in [6.07, 6.45) is 5.89. The first-order chi connectivity index (χ1) is 9.65. The Hall–Kier alpha value is -2.50. The van der Waals surface area contributed by atoms with Crippen molar-refractivity contribution in [2.45, 2.75) is 13.3 Å². The van der Waals surface area contributed by atoms with Gasteiger partial charge in [-0.3, -0.25) is 9.78 Å². The van der Waals surface area contributed by atoms with E-state index in [1.807, 2.05) is 12.1 Å². The molecule has 0 radical (unpaired) electrons. The van der Waals surface area contributed by atoms with E-state index in [-0.39, 0.29) is 5.91 Å². The third kappa shape index (κ3) is 2.20. The molecule has 6 nitrogen and oxygen atoms in total. The van der Waals surface area contributed by atoms with Crippen molar-refractivity contribution >= 4 is 11.6 Å². The molecule has 0 spiro atoms. The first-order valence-electron chi connectivity index (χ1n) is 6.47. The van der Waals surface area contributed by atoms with Crippen LogP contribution in [0.5, 0.6) is 0 Å². The monoisotopic (exact) mass is 269 g/mol.